The summed E-state index contributed by atoms with van der Waals surface area (Å²) in [5, 5.41) is 14.8. The summed E-state index contributed by atoms with van der Waals surface area (Å²) in [5.74, 6) is 0.422. The summed E-state index contributed by atoms with van der Waals surface area (Å²) in [7, 11) is -1.63. The Morgan fingerprint density at radius 3 is 2.34 bits per heavy atom. The van der Waals surface area contributed by atoms with Crippen molar-refractivity contribution < 1.29 is 22.7 Å². The van der Waals surface area contributed by atoms with E-state index in [0.717, 1.165) is 24.1 Å². The average Bonchev–Trinajstić information content (AvgIpc) is 3.75. The summed E-state index contributed by atoms with van der Waals surface area (Å²) in [5.41, 5.74) is 3.40. The first kappa shape index (κ1) is 27.5. The molecule has 2 aromatic rings. The Morgan fingerprint density at radius 1 is 1.08 bits per heavy atom. The van der Waals surface area contributed by atoms with Gasteiger partial charge in [0.2, 0.25) is 0 Å². The van der Waals surface area contributed by atoms with Gasteiger partial charge >= 0.3 is 12.0 Å². The lowest BCUT2D eigenvalue weighted by Crippen LogP contribution is -2.41. The third-order valence-electron chi connectivity index (χ3n) is 7.39. The van der Waals surface area contributed by atoms with Gasteiger partial charge in [0, 0.05) is 18.3 Å². The summed E-state index contributed by atoms with van der Waals surface area (Å²) in [6, 6.07) is 14.1. The largest absolute Gasteiger partial charge is 0.469 e. The van der Waals surface area contributed by atoms with E-state index in [0.29, 0.717) is 42.2 Å². The number of nitrogens with zero attached hydrogens (tertiary/aromatic N) is 2. The van der Waals surface area contributed by atoms with E-state index in [1.165, 1.54) is 7.11 Å². The van der Waals surface area contributed by atoms with Crippen LogP contribution in [0.1, 0.15) is 56.1 Å². The molecule has 202 valence electrons. The number of esters is 1. The number of nitriles is 1. The minimum Gasteiger partial charge on any atom is -0.469 e. The molecule has 1 unspecified atom stereocenters. The van der Waals surface area contributed by atoms with E-state index in [2.05, 4.69) is 21.6 Å². The molecule has 1 saturated heterocycles. The zero-order valence-electron chi connectivity index (χ0n) is 21.8. The average molecular weight is 539 g/mol. The van der Waals surface area contributed by atoms with Crippen LogP contribution in [0.3, 0.4) is 0 Å². The molecule has 2 amide bonds. The Hall–Kier alpha value is -3.58. The second-order valence-corrected chi connectivity index (χ2v) is 12.2. The highest BCUT2D eigenvalue weighted by Crippen LogP contribution is 2.46. The number of carbonyl (C=O) groups is 2. The number of urea groups is 1. The number of benzene rings is 2. The normalized spacial score (nSPS) is 17.6. The molecule has 10 heteroatoms. The van der Waals surface area contributed by atoms with Gasteiger partial charge < -0.3 is 20.3 Å². The zero-order chi connectivity index (χ0) is 27.3. The number of amides is 2. The van der Waals surface area contributed by atoms with Crippen molar-refractivity contribution in [3.63, 3.8) is 0 Å². The minimum atomic E-state index is -3.01. The highest BCUT2D eigenvalue weighted by molar-refractivity contribution is 7.91. The predicted octanol–water partition coefficient (Wildman–Crippen LogP) is 4.66. The van der Waals surface area contributed by atoms with Crippen LogP contribution in [0.15, 0.2) is 42.5 Å². The first-order valence-electron chi connectivity index (χ1n) is 13.0. The SMILES string of the molecule is CCN(c1ccc(C(CC(=O)OC)C2CC2)cc1NC(=O)Nc1ccc(C#N)cc1)C1CCS(=O)(=O)CC1. The summed E-state index contributed by atoms with van der Waals surface area (Å²) >= 11 is 0. The number of hydrogen-bond donors (Lipinski definition) is 2. The first-order chi connectivity index (χ1) is 18.2. The van der Waals surface area contributed by atoms with E-state index >= 15 is 0 Å². The van der Waals surface area contributed by atoms with Crippen LogP contribution in [0.4, 0.5) is 21.9 Å². The van der Waals surface area contributed by atoms with E-state index in [-0.39, 0.29) is 35.9 Å². The maximum absolute atomic E-state index is 13.1. The molecule has 0 aromatic heterocycles. The number of rotatable bonds is 9. The molecule has 0 bridgehead atoms. The second kappa shape index (κ2) is 11.9. The maximum Gasteiger partial charge on any atom is 0.323 e. The van der Waals surface area contributed by atoms with Crippen molar-refractivity contribution in [1.29, 1.82) is 5.26 Å². The molecule has 1 aliphatic heterocycles. The van der Waals surface area contributed by atoms with Crippen LogP contribution in [0.25, 0.3) is 0 Å². The Kier molecular flexibility index (Phi) is 8.57. The van der Waals surface area contributed by atoms with E-state index in [1.807, 2.05) is 25.1 Å². The van der Waals surface area contributed by atoms with Gasteiger partial charge in [-0.25, -0.2) is 13.2 Å². The van der Waals surface area contributed by atoms with Crippen LogP contribution in [-0.4, -0.2) is 51.6 Å². The van der Waals surface area contributed by atoms with E-state index < -0.39 is 15.9 Å². The van der Waals surface area contributed by atoms with Crippen LogP contribution in [0.2, 0.25) is 0 Å². The van der Waals surface area contributed by atoms with E-state index in [4.69, 9.17) is 10.00 Å². The number of nitrogens with one attached hydrogen (secondary N) is 2. The third-order valence-corrected chi connectivity index (χ3v) is 9.10. The van der Waals surface area contributed by atoms with Gasteiger partial charge in [-0.3, -0.25) is 4.79 Å². The van der Waals surface area contributed by atoms with Crippen LogP contribution in [0.5, 0.6) is 0 Å². The van der Waals surface area contributed by atoms with Gasteiger partial charge in [0.15, 0.2) is 0 Å². The van der Waals surface area contributed by atoms with Gasteiger partial charge in [-0.15, -0.1) is 0 Å². The number of anilines is 3. The summed E-state index contributed by atoms with van der Waals surface area (Å²) in [4.78, 5) is 27.3. The lowest BCUT2D eigenvalue weighted by Gasteiger charge is -2.36. The minimum absolute atomic E-state index is 0.00598. The monoisotopic (exact) mass is 538 g/mol. The zero-order valence-corrected chi connectivity index (χ0v) is 22.6. The molecular weight excluding hydrogens is 504 g/mol. The van der Waals surface area contributed by atoms with Crippen molar-refractivity contribution in [2.24, 2.45) is 5.92 Å². The van der Waals surface area contributed by atoms with Crippen LogP contribution in [-0.2, 0) is 19.4 Å². The number of hydrogen-bond acceptors (Lipinski definition) is 7. The Labute approximate surface area is 224 Å². The topological polar surface area (TPSA) is 129 Å². The fourth-order valence-corrected chi connectivity index (χ4v) is 6.65. The van der Waals surface area contributed by atoms with Gasteiger partial charge in [0.25, 0.3) is 0 Å². The number of ether oxygens (including phenoxy) is 1. The van der Waals surface area contributed by atoms with Crippen LogP contribution >= 0.6 is 0 Å². The molecule has 1 heterocycles. The van der Waals surface area contributed by atoms with Crippen LogP contribution < -0.4 is 15.5 Å². The fraction of sp³-hybridized carbons (Fsp3) is 0.464. The van der Waals surface area contributed by atoms with E-state index in [1.54, 1.807) is 24.3 Å². The molecule has 1 aliphatic carbocycles. The first-order valence-corrected chi connectivity index (χ1v) is 14.8. The van der Waals surface area contributed by atoms with E-state index in [9.17, 15) is 18.0 Å². The Bertz CT molecular complexity index is 1300. The van der Waals surface area contributed by atoms with Crippen molar-refractivity contribution in [3.05, 3.63) is 53.6 Å². The molecule has 0 radical (unpaired) electrons. The number of sulfone groups is 1. The van der Waals surface area contributed by atoms with Crippen molar-refractivity contribution in [2.75, 3.05) is 40.7 Å². The van der Waals surface area contributed by atoms with Gasteiger partial charge in [0.1, 0.15) is 9.84 Å². The summed E-state index contributed by atoms with van der Waals surface area (Å²) in [6.45, 7) is 2.66. The van der Waals surface area contributed by atoms with Crippen LogP contribution in [0, 0.1) is 17.2 Å². The van der Waals surface area contributed by atoms with Gasteiger partial charge in [0.05, 0.1) is 48.0 Å². The molecule has 0 spiro atoms. The molecular formula is C28H34N4O5S. The quantitative estimate of drug-likeness (QED) is 0.444. The number of carbonyl (C=O) groups excluding carboxylic acids is 2. The summed E-state index contributed by atoms with van der Waals surface area (Å²) in [6.07, 6.45) is 3.42. The Balaban J connectivity index is 1.63. The lowest BCUT2D eigenvalue weighted by molar-refractivity contribution is -0.141. The molecule has 2 aromatic carbocycles. The molecule has 38 heavy (non-hydrogen) atoms. The second-order valence-electron chi connectivity index (χ2n) is 9.94. The van der Waals surface area contributed by atoms with Crippen molar-refractivity contribution in [1.82, 2.24) is 0 Å². The highest BCUT2D eigenvalue weighted by Gasteiger charge is 2.35. The molecule has 1 atom stereocenters. The molecule has 2 aliphatic rings. The van der Waals surface area contributed by atoms with Gasteiger partial charge in [-0.1, -0.05) is 6.07 Å². The molecule has 9 nitrogen and oxygen atoms in total. The lowest BCUT2D eigenvalue weighted by atomic mass is 9.90. The van der Waals surface area contributed by atoms with Gasteiger partial charge in [-0.2, -0.15) is 5.26 Å². The van der Waals surface area contributed by atoms with Crippen molar-refractivity contribution in [2.45, 2.75) is 51.0 Å². The standard InChI is InChI=1S/C28H34N4O5S/c1-3-32(23-12-14-38(35,36)15-13-23)26-11-8-21(24(20-6-7-20)17-27(33)37-2)16-25(26)31-28(34)30-22-9-4-19(18-29)5-10-22/h4-5,8-11,16,20,23-24H,3,6-7,12-15,17H2,1-2H3,(H2,30,31,34). The highest BCUT2D eigenvalue weighted by atomic mass is 32.2. The number of methoxy groups -OCH3 is 1. The third kappa shape index (κ3) is 6.84. The molecule has 2 N–H and O–H groups in total. The Morgan fingerprint density at radius 2 is 1.76 bits per heavy atom. The maximum atomic E-state index is 13.1. The smallest absolute Gasteiger partial charge is 0.323 e. The molecule has 1 saturated carbocycles. The predicted molar refractivity (Wildman–Crippen MR) is 147 cm³/mol. The summed E-state index contributed by atoms with van der Waals surface area (Å²) < 4.78 is 29.0. The van der Waals surface area contributed by atoms with Crippen molar-refractivity contribution in [3.8, 4) is 6.07 Å². The molecule has 2 fully saturated rings. The molecule has 4 rings (SSSR count). The van der Waals surface area contributed by atoms with Gasteiger partial charge in [-0.05, 0) is 86.4 Å². The van der Waals surface area contributed by atoms with Crippen molar-refractivity contribution >= 4 is 38.9 Å². The fourth-order valence-electron chi connectivity index (χ4n) is 5.18.